The van der Waals surface area contributed by atoms with Crippen molar-refractivity contribution in [1.82, 2.24) is 5.32 Å². The van der Waals surface area contributed by atoms with Gasteiger partial charge in [-0.15, -0.1) is 6.58 Å². The van der Waals surface area contributed by atoms with Gasteiger partial charge in [-0.05, 0) is 13.8 Å². The minimum absolute atomic E-state index is 0.231. The SMILES string of the molecule is C=CCC(NC(C)C)OC=O. The Morgan fingerprint density at radius 1 is 1.64 bits per heavy atom. The molecule has 0 bridgehead atoms. The van der Waals surface area contributed by atoms with Crippen LogP contribution in [-0.2, 0) is 9.53 Å². The van der Waals surface area contributed by atoms with E-state index in [0.29, 0.717) is 18.9 Å². The van der Waals surface area contributed by atoms with E-state index < -0.39 is 0 Å². The number of nitrogens with one attached hydrogen (secondary N) is 1. The molecule has 1 N–H and O–H groups in total. The third-order valence-electron chi connectivity index (χ3n) is 1.12. The summed E-state index contributed by atoms with van der Waals surface area (Å²) in [6.07, 6.45) is 2.12. The second-order valence-corrected chi connectivity index (χ2v) is 2.57. The summed E-state index contributed by atoms with van der Waals surface area (Å²) in [5.74, 6) is 0. The van der Waals surface area contributed by atoms with Gasteiger partial charge in [-0.25, -0.2) is 0 Å². The maximum atomic E-state index is 9.98. The van der Waals surface area contributed by atoms with Gasteiger partial charge in [0.1, 0.15) is 0 Å². The Morgan fingerprint density at radius 2 is 2.27 bits per heavy atom. The van der Waals surface area contributed by atoms with Gasteiger partial charge in [0.25, 0.3) is 6.47 Å². The molecule has 0 aromatic carbocycles. The first kappa shape index (κ1) is 10.2. The van der Waals surface area contributed by atoms with Crippen LogP contribution >= 0.6 is 0 Å². The molecule has 0 radical (unpaired) electrons. The van der Waals surface area contributed by atoms with Gasteiger partial charge in [0.05, 0.1) is 0 Å². The summed E-state index contributed by atoms with van der Waals surface area (Å²) in [6, 6.07) is 0.305. The van der Waals surface area contributed by atoms with E-state index in [1.807, 2.05) is 13.8 Å². The largest absolute Gasteiger partial charge is 0.448 e. The Labute approximate surface area is 67.4 Å². The summed E-state index contributed by atoms with van der Waals surface area (Å²) in [5.41, 5.74) is 0. The van der Waals surface area contributed by atoms with Gasteiger partial charge in [0.2, 0.25) is 0 Å². The highest BCUT2D eigenvalue weighted by atomic mass is 16.5. The lowest BCUT2D eigenvalue weighted by Gasteiger charge is -2.17. The molecular formula is C8H15NO2. The molecule has 0 saturated carbocycles. The summed E-state index contributed by atoms with van der Waals surface area (Å²) in [5, 5.41) is 3.06. The van der Waals surface area contributed by atoms with E-state index >= 15 is 0 Å². The number of hydrogen-bond donors (Lipinski definition) is 1. The summed E-state index contributed by atoms with van der Waals surface area (Å²) >= 11 is 0. The standard InChI is InChI=1S/C8H15NO2/c1-4-5-8(11-6-10)9-7(2)3/h4,6-9H,1,5H2,2-3H3. The van der Waals surface area contributed by atoms with Crippen LogP contribution in [-0.4, -0.2) is 18.7 Å². The predicted octanol–water partition coefficient (Wildman–Crippen LogP) is 1.06. The van der Waals surface area contributed by atoms with Crippen LogP contribution < -0.4 is 5.32 Å². The highest BCUT2D eigenvalue weighted by Crippen LogP contribution is 1.95. The van der Waals surface area contributed by atoms with Crippen molar-refractivity contribution in [3.05, 3.63) is 12.7 Å². The molecule has 0 saturated heterocycles. The van der Waals surface area contributed by atoms with Crippen molar-refractivity contribution in [1.29, 1.82) is 0 Å². The average Bonchev–Trinajstić information content (AvgIpc) is 1.87. The van der Waals surface area contributed by atoms with E-state index in [2.05, 4.69) is 11.9 Å². The zero-order valence-electron chi connectivity index (χ0n) is 7.04. The van der Waals surface area contributed by atoms with E-state index in [9.17, 15) is 4.79 Å². The average molecular weight is 157 g/mol. The molecule has 0 aliphatic heterocycles. The van der Waals surface area contributed by atoms with Crippen molar-refractivity contribution >= 4 is 6.47 Å². The summed E-state index contributed by atoms with van der Waals surface area (Å²) < 4.78 is 4.73. The van der Waals surface area contributed by atoms with Crippen molar-refractivity contribution in [2.45, 2.75) is 32.5 Å². The van der Waals surface area contributed by atoms with Crippen LogP contribution in [0.4, 0.5) is 0 Å². The lowest BCUT2D eigenvalue weighted by Crippen LogP contribution is -2.36. The quantitative estimate of drug-likeness (QED) is 0.356. The van der Waals surface area contributed by atoms with Gasteiger partial charge in [-0.1, -0.05) is 6.08 Å². The predicted molar refractivity (Wildman–Crippen MR) is 44.0 cm³/mol. The highest BCUT2D eigenvalue weighted by molar-refractivity contribution is 5.37. The molecule has 0 spiro atoms. The van der Waals surface area contributed by atoms with Gasteiger partial charge in [-0.3, -0.25) is 10.1 Å². The molecule has 1 unspecified atom stereocenters. The first-order valence-electron chi connectivity index (χ1n) is 3.66. The zero-order chi connectivity index (χ0) is 8.69. The van der Waals surface area contributed by atoms with Crippen LogP contribution in [0.3, 0.4) is 0 Å². The van der Waals surface area contributed by atoms with Crippen LogP contribution in [0.2, 0.25) is 0 Å². The summed E-state index contributed by atoms with van der Waals surface area (Å²) in [4.78, 5) is 9.98. The number of carbonyl (C=O) groups is 1. The zero-order valence-corrected chi connectivity index (χ0v) is 7.04. The van der Waals surface area contributed by atoms with Gasteiger partial charge >= 0.3 is 0 Å². The fourth-order valence-electron chi connectivity index (χ4n) is 0.753. The van der Waals surface area contributed by atoms with Crippen LogP contribution in [0.15, 0.2) is 12.7 Å². The molecule has 11 heavy (non-hydrogen) atoms. The molecule has 0 heterocycles. The Kier molecular flexibility index (Phi) is 5.47. The molecule has 0 aliphatic carbocycles. The molecule has 0 aromatic heterocycles. The normalized spacial score (nSPS) is 12.6. The minimum atomic E-state index is -0.231. The first-order chi connectivity index (χ1) is 5.20. The second kappa shape index (κ2) is 5.92. The molecule has 0 rings (SSSR count). The number of ether oxygens (including phenoxy) is 1. The topological polar surface area (TPSA) is 38.3 Å². The molecule has 1 atom stereocenters. The third-order valence-corrected chi connectivity index (χ3v) is 1.12. The summed E-state index contributed by atoms with van der Waals surface area (Å²) in [7, 11) is 0. The molecule has 0 fully saturated rings. The molecule has 3 nitrogen and oxygen atoms in total. The maximum Gasteiger partial charge on any atom is 0.294 e. The van der Waals surface area contributed by atoms with Crippen LogP contribution in [0.25, 0.3) is 0 Å². The fourth-order valence-corrected chi connectivity index (χ4v) is 0.753. The van der Waals surface area contributed by atoms with Crippen molar-refractivity contribution in [3.63, 3.8) is 0 Å². The first-order valence-corrected chi connectivity index (χ1v) is 3.66. The van der Waals surface area contributed by atoms with Crippen LogP contribution in [0, 0.1) is 0 Å². The molecule has 0 amide bonds. The Hall–Kier alpha value is -0.830. The number of hydrogen-bond acceptors (Lipinski definition) is 3. The van der Waals surface area contributed by atoms with E-state index in [1.165, 1.54) is 0 Å². The van der Waals surface area contributed by atoms with E-state index in [0.717, 1.165) is 0 Å². The molecule has 0 aromatic rings. The van der Waals surface area contributed by atoms with E-state index in [4.69, 9.17) is 4.74 Å². The number of rotatable bonds is 6. The smallest absolute Gasteiger partial charge is 0.294 e. The fraction of sp³-hybridized carbons (Fsp3) is 0.625. The van der Waals surface area contributed by atoms with E-state index in [1.54, 1.807) is 6.08 Å². The van der Waals surface area contributed by atoms with Crippen LogP contribution in [0.5, 0.6) is 0 Å². The molecule has 64 valence electrons. The van der Waals surface area contributed by atoms with E-state index in [-0.39, 0.29) is 6.23 Å². The highest BCUT2D eigenvalue weighted by Gasteiger charge is 2.06. The van der Waals surface area contributed by atoms with Crippen LogP contribution in [0.1, 0.15) is 20.3 Å². The number of carbonyl (C=O) groups excluding carboxylic acids is 1. The third kappa shape index (κ3) is 5.61. The summed E-state index contributed by atoms with van der Waals surface area (Å²) in [6.45, 7) is 7.98. The lowest BCUT2D eigenvalue weighted by atomic mass is 10.3. The van der Waals surface area contributed by atoms with Gasteiger partial charge in [0, 0.05) is 12.5 Å². The molecule has 3 heteroatoms. The molecule has 0 aliphatic rings. The Bertz CT molecular complexity index is 113. The van der Waals surface area contributed by atoms with Gasteiger partial charge < -0.3 is 4.74 Å². The second-order valence-electron chi connectivity index (χ2n) is 2.57. The maximum absolute atomic E-state index is 9.98. The lowest BCUT2D eigenvalue weighted by molar-refractivity contribution is -0.135. The van der Waals surface area contributed by atoms with Gasteiger partial charge in [0.15, 0.2) is 6.23 Å². The monoisotopic (exact) mass is 157 g/mol. The van der Waals surface area contributed by atoms with Gasteiger partial charge in [-0.2, -0.15) is 0 Å². The minimum Gasteiger partial charge on any atom is -0.448 e. The van der Waals surface area contributed by atoms with Crippen molar-refractivity contribution in [2.75, 3.05) is 0 Å². The van der Waals surface area contributed by atoms with Crippen molar-refractivity contribution in [3.8, 4) is 0 Å². The molecular weight excluding hydrogens is 142 g/mol. The Morgan fingerprint density at radius 3 is 2.64 bits per heavy atom. The van der Waals surface area contributed by atoms with Crippen molar-refractivity contribution in [2.24, 2.45) is 0 Å². The Balaban J connectivity index is 3.67. The van der Waals surface area contributed by atoms with Crippen molar-refractivity contribution < 1.29 is 9.53 Å².